The van der Waals surface area contributed by atoms with E-state index >= 15 is 0 Å². The van der Waals surface area contributed by atoms with Gasteiger partial charge in [0, 0.05) is 13.1 Å². The number of carbonyl (C=O) groups excluding carboxylic acids is 1. The minimum atomic E-state index is -0.854. The quantitative estimate of drug-likeness (QED) is 0.927. The molecule has 1 heterocycles. The maximum atomic E-state index is 12.3. The van der Waals surface area contributed by atoms with Gasteiger partial charge >= 0.3 is 5.97 Å². The number of likely N-dealkylation sites (tertiary alicyclic amines) is 1. The molecule has 1 amide bonds. The predicted molar refractivity (Wildman–Crippen MR) is 78.5 cm³/mol. The van der Waals surface area contributed by atoms with Gasteiger partial charge in [-0.2, -0.15) is 0 Å². The number of nitrogens with zero attached hydrogens (tertiary/aromatic N) is 1. The first-order valence-electron chi connectivity index (χ1n) is 6.92. The molecule has 0 saturated carbocycles. The first-order chi connectivity index (χ1) is 9.99. The summed E-state index contributed by atoms with van der Waals surface area (Å²) in [6.45, 7) is 2.46. The summed E-state index contributed by atoms with van der Waals surface area (Å²) in [5.74, 6) is -1.10. The van der Waals surface area contributed by atoms with Crippen LogP contribution in [0.3, 0.4) is 0 Å². The lowest BCUT2D eigenvalue weighted by Gasteiger charge is -2.32. The summed E-state index contributed by atoms with van der Waals surface area (Å²) in [7, 11) is 0. The molecule has 114 valence electrons. The number of carboxylic acids is 1. The second-order valence-electron chi connectivity index (χ2n) is 5.15. The summed E-state index contributed by atoms with van der Waals surface area (Å²) in [4.78, 5) is 24.9. The highest BCUT2D eigenvalue weighted by atomic mass is 35.5. The van der Waals surface area contributed by atoms with Crippen molar-refractivity contribution in [2.45, 2.75) is 25.9 Å². The molecule has 1 fully saturated rings. The van der Waals surface area contributed by atoms with Crippen LogP contribution in [-0.2, 0) is 9.59 Å². The van der Waals surface area contributed by atoms with Crippen molar-refractivity contribution < 1.29 is 19.4 Å². The van der Waals surface area contributed by atoms with Gasteiger partial charge in [-0.3, -0.25) is 9.59 Å². The maximum Gasteiger partial charge on any atom is 0.308 e. The van der Waals surface area contributed by atoms with E-state index in [9.17, 15) is 9.59 Å². The van der Waals surface area contributed by atoms with Gasteiger partial charge in [-0.25, -0.2) is 0 Å². The standard InChI is InChI=1S/C15H18ClNO4/c1-10(21-13-7-3-2-6-12(13)16)14(18)17-8-4-5-11(9-17)15(19)20/h2-3,6-7,10-11H,4-5,8-9H2,1H3,(H,19,20)/t10?,11-/m0/s1. The Hall–Kier alpha value is -1.75. The number of amides is 1. The van der Waals surface area contributed by atoms with Crippen molar-refractivity contribution in [2.75, 3.05) is 13.1 Å². The Bertz CT molecular complexity index is 534. The third-order valence-corrected chi connectivity index (χ3v) is 3.88. The van der Waals surface area contributed by atoms with Crippen LogP contribution in [0.5, 0.6) is 5.75 Å². The zero-order chi connectivity index (χ0) is 15.4. The van der Waals surface area contributed by atoms with Crippen LogP contribution < -0.4 is 4.74 Å². The van der Waals surface area contributed by atoms with Crippen molar-refractivity contribution >= 4 is 23.5 Å². The predicted octanol–water partition coefficient (Wildman–Crippen LogP) is 2.43. The molecule has 2 rings (SSSR count). The largest absolute Gasteiger partial charge is 0.481 e. The van der Waals surface area contributed by atoms with E-state index in [2.05, 4.69) is 0 Å². The molecule has 0 spiro atoms. The Labute approximate surface area is 128 Å². The van der Waals surface area contributed by atoms with E-state index in [-0.39, 0.29) is 12.5 Å². The highest BCUT2D eigenvalue weighted by molar-refractivity contribution is 6.32. The fraction of sp³-hybridized carbons (Fsp3) is 0.467. The second kappa shape index (κ2) is 6.80. The van der Waals surface area contributed by atoms with E-state index in [0.29, 0.717) is 30.2 Å². The number of rotatable bonds is 4. The zero-order valence-corrected chi connectivity index (χ0v) is 12.5. The molecule has 1 aliphatic rings. The number of piperidine rings is 1. The number of halogens is 1. The molecule has 1 aromatic rings. The van der Waals surface area contributed by atoms with Crippen molar-refractivity contribution in [2.24, 2.45) is 5.92 Å². The van der Waals surface area contributed by atoms with Crippen LogP contribution in [0.4, 0.5) is 0 Å². The molecule has 0 bridgehead atoms. The van der Waals surface area contributed by atoms with E-state index in [1.807, 2.05) is 0 Å². The van der Waals surface area contributed by atoms with Crippen molar-refractivity contribution in [3.63, 3.8) is 0 Å². The third-order valence-electron chi connectivity index (χ3n) is 3.57. The number of hydrogen-bond donors (Lipinski definition) is 1. The van der Waals surface area contributed by atoms with Gasteiger partial charge in [0.25, 0.3) is 5.91 Å². The van der Waals surface area contributed by atoms with Gasteiger partial charge in [0.1, 0.15) is 5.75 Å². The monoisotopic (exact) mass is 311 g/mol. The van der Waals surface area contributed by atoms with Crippen LogP contribution in [-0.4, -0.2) is 41.1 Å². The molecule has 0 aromatic heterocycles. The minimum absolute atomic E-state index is 0.208. The van der Waals surface area contributed by atoms with Crippen LogP contribution in [0.2, 0.25) is 5.02 Å². The summed E-state index contributed by atoms with van der Waals surface area (Å²) in [6.07, 6.45) is 0.609. The zero-order valence-electron chi connectivity index (χ0n) is 11.8. The summed E-state index contributed by atoms with van der Waals surface area (Å²) < 4.78 is 5.59. The molecule has 0 radical (unpaired) electrons. The van der Waals surface area contributed by atoms with Crippen molar-refractivity contribution in [1.82, 2.24) is 4.90 Å². The second-order valence-corrected chi connectivity index (χ2v) is 5.56. The van der Waals surface area contributed by atoms with Crippen LogP contribution in [0.25, 0.3) is 0 Å². The Morgan fingerprint density at radius 2 is 2.14 bits per heavy atom. The summed E-state index contributed by atoms with van der Waals surface area (Å²) in [5.41, 5.74) is 0. The SMILES string of the molecule is CC(Oc1ccccc1Cl)C(=O)N1CCC[C@H](C(=O)O)C1. The Morgan fingerprint density at radius 3 is 2.81 bits per heavy atom. The van der Waals surface area contributed by atoms with Crippen molar-refractivity contribution in [1.29, 1.82) is 0 Å². The number of hydrogen-bond acceptors (Lipinski definition) is 3. The molecular weight excluding hydrogens is 294 g/mol. The van der Waals surface area contributed by atoms with Gasteiger partial charge in [-0.15, -0.1) is 0 Å². The lowest BCUT2D eigenvalue weighted by Crippen LogP contribution is -2.47. The molecule has 6 heteroatoms. The molecule has 1 N–H and O–H groups in total. The summed E-state index contributed by atoms with van der Waals surface area (Å²) >= 11 is 6.00. The summed E-state index contributed by atoms with van der Waals surface area (Å²) in [6, 6.07) is 6.95. The van der Waals surface area contributed by atoms with Gasteiger partial charge in [-0.1, -0.05) is 23.7 Å². The van der Waals surface area contributed by atoms with Gasteiger partial charge in [0.15, 0.2) is 6.10 Å². The molecule has 5 nitrogen and oxygen atoms in total. The number of aliphatic carboxylic acids is 1. The van der Waals surface area contributed by atoms with E-state index in [4.69, 9.17) is 21.4 Å². The van der Waals surface area contributed by atoms with E-state index < -0.39 is 18.0 Å². The summed E-state index contributed by atoms with van der Waals surface area (Å²) in [5, 5.41) is 9.51. The molecule has 21 heavy (non-hydrogen) atoms. The number of benzene rings is 1. The van der Waals surface area contributed by atoms with E-state index in [0.717, 1.165) is 0 Å². The minimum Gasteiger partial charge on any atom is -0.481 e. The highest BCUT2D eigenvalue weighted by Crippen LogP contribution is 2.25. The first-order valence-corrected chi connectivity index (χ1v) is 7.29. The van der Waals surface area contributed by atoms with E-state index in [1.54, 1.807) is 36.1 Å². The highest BCUT2D eigenvalue weighted by Gasteiger charge is 2.31. The number of carbonyl (C=O) groups is 2. The maximum absolute atomic E-state index is 12.3. The molecule has 1 aliphatic heterocycles. The van der Waals surface area contributed by atoms with Crippen molar-refractivity contribution in [3.05, 3.63) is 29.3 Å². The lowest BCUT2D eigenvalue weighted by molar-refractivity contribution is -0.147. The number of para-hydroxylation sites is 1. The normalized spacial score (nSPS) is 19.9. The van der Waals surface area contributed by atoms with E-state index in [1.165, 1.54) is 0 Å². The first kappa shape index (κ1) is 15.6. The fourth-order valence-corrected chi connectivity index (χ4v) is 2.60. The molecule has 1 aromatic carbocycles. The molecular formula is C15H18ClNO4. The molecule has 1 unspecified atom stereocenters. The fourth-order valence-electron chi connectivity index (χ4n) is 2.42. The van der Waals surface area contributed by atoms with Crippen LogP contribution in [0, 0.1) is 5.92 Å². The topological polar surface area (TPSA) is 66.8 Å². The van der Waals surface area contributed by atoms with Crippen molar-refractivity contribution in [3.8, 4) is 5.75 Å². The molecule has 0 aliphatic carbocycles. The average molecular weight is 312 g/mol. The molecule has 1 saturated heterocycles. The Kier molecular flexibility index (Phi) is 5.07. The Morgan fingerprint density at radius 1 is 1.43 bits per heavy atom. The van der Waals surface area contributed by atoms with Gasteiger partial charge in [0.2, 0.25) is 0 Å². The van der Waals surface area contributed by atoms with Gasteiger partial charge in [-0.05, 0) is 31.9 Å². The van der Waals surface area contributed by atoms with Crippen LogP contribution >= 0.6 is 11.6 Å². The van der Waals surface area contributed by atoms with Gasteiger partial charge in [0.05, 0.1) is 10.9 Å². The average Bonchev–Trinajstić information content (AvgIpc) is 2.49. The lowest BCUT2D eigenvalue weighted by atomic mass is 9.98. The number of ether oxygens (including phenoxy) is 1. The van der Waals surface area contributed by atoms with Crippen LogP contribution in [0.1, 0.15) is 19.8 Å². The third kappa shape index (κ3) is 3.88. The molecule has 2 atom stereocenters. The van der Waals surface area contributed by atoms with Crippen LogP contribution in [0.15, 0.2) is 24.3 Å². The Balaban J connectivity index is 1.99. The smallest absolute Gasteiger partial charge is 0.308 e. The number of carboxylic acid groups (broad SMARTS) is 1. The van der Waals surface area contributed by atoms with Gasteiger partial charge < -0.3 is 14.7 Å².